The summed E-state index contributed by atoms with van der Waals surface area (Å²) in [5.41, 5.74) is 0.710. The molecule has 6 nitrogen and oxygen atoms in total. The van der Waals surface area contributed by atoms with Crippen LogP contribution in [-0.4, -0.2) is 51.4 Å². The Morgan fingerprint density at radius 1 is 1.32 bits per heavy atom. The molecule has 38 heavy (non-hydrogen) atoms. The fourth-order valence-corrected chi connectivity index (χ4v) is 5.54. The highest BCUT2D eigenvalue weighted by molar-refractivity contribution is 6.74. The number of cyclic esters (lactones) is 1. The number of carbonyl (C=O) groups excluding carboxylic acids is 1. The smallest absolute Gasteiger partial charge is 0.313 e. The van der Waals surface area contributed by atoms with E-state index in [4.69, 9.17) is 25.1 Å². The van der Waals surface area contributed by atoms with Gasteiger partial charge in [0.2, 0.25) is 0 Å². The van der Waals surface area contributed by atoms with Gasteiger partial charge in [0.1, 0.15) is 17.8 Å². The maximum absolute atomic E-state index is 13.2. The van der Waals surface area contributed by atoms with Gasteiger partial charge in [-0.3, -0.25) is 4.79 Å². The molecule has 0 radical (unpaired) electrons. The largest absolute Gasteiger partial charge is 0.497 e. The Morgan fingerprint density at radius 3 is 2.45 bits per heavy atom. The van der Waals surface area contributed by atoms with E-state index in [1.54, 1.807) is 13.2 Å². The van der Waals surface area contributed by atoms with E-state index in [1.165, 1.54) is 0 Å². The highest BCUT2D eigenvalue weighted by atomic mass is 28.4. The van der Waals surface area contributed by atoms with Crippen LogP contribution in [0.25, 0.3) is 0 Å². The van der Waals surface area contributed by atoms with Crippen LogP contribution in [0.15, 0.2) is 49.1 Å². The van der Waals surface area contributed by atoms with Crippen LogP contribution in [0.4, 0.5) is 0 Å². The van der Waals surface area contributed by atoms with Gasteiger partial charge in [-0.15, -0.1) is 19.6 Å². The molecule has 0 aliphatic carbocycles. The molecule has 1 aromatic carbocycles. The average molecular weight is 543 g/mol. The molecule has 210 valence electrons. The maximum Gasteiger partial charge on any atom is 0.313 e. The number of hydrogen-bond acceptors (Lipinski definition) is 6. The van der Waals surface area contributed by atoms with Crippen LogP contribution in [0.2, 0.25) is 18.1 Å². The summed E-state index contributed by atoms with van der Waals surface area (Å²) >= 11 is 0. The van der Waals surface area contributed by atoms with Gasteiger partial charge in [0.15, 0.2) is 8.32 Å². The van der Waals surface area contributed by atoms with Gasteiger partial charge in [0.05, 0.1) is 37.9 Å². The molecule has 1 unspecified atom stereocenters. The average Bonchev–Trinajstić information content (AvgIpc) is 3.13. The number of carbonyl (C=O) groups is 1. The minimum absolute atomic E-state index is 0.0173. The predicted molar refractivity (Wildman–Crippen MR) is 154 cm³/mol. The van der Waals surface area contributed by atoms with Crippen molar-refractivity contribution < 1.29 is 28.5 Å². The second-order valence-corrected chi connectivity index (χ2v) is 16.7. The SMILES string of the molecule is C#C[C@@]1(CCC(C=C)OCc2ccc(OC)cc2)[C@@H]([C@@H](O)CC(=C)C)C(=O)O[C@@H]1CO[Si](C)(C)C(C)(C)C. The molecule has 5 atom stereocenters. The van der Waals surface area contributed by atoms with Gasteiger partial charge in [-0.1, -0.05) is 50.5 Å². The molecular weight excluding hydrogens is 496 g/mol. The van der Waals surface area contributed by atoms with Crippen molar-refractivity contribution in [1.29, 1.82) is 0 Å². The maximum atomic E-state index is 13.2. The van der Waals surface area contributed by atoms with E-state index in [0.29, 0.717) is 19.4 Å². The van der Waals surface area contributed by atoms with Crippen molar-refractivity contribution in [3.63, 3.8) is 0 Å². The fraction of sp³-hybridized carbons (Fsp3) is 0.581. The van der Waals surface area contributed by atoms with Crippen LogP contribution >= 0.6 is 0 Å². The Morgan fingerprint density at radius 2 is 1.95 bits per heavy atom. The van der Waals surface area contributed by atoms with Crippen molar-refractivity contribution in [3.8, 4) is 18.1 Å². The first-order chi connectivity index (χ1) is 17.7. The lowest BCUT2D eigenvalue weighted by Gasteiger charge is -2.39. The van der Waals surface area contributed by atoms with Crippen molar-refractivity contribution >= 4 is 14.3 Å². The second kappa shape index (κ2) is 13.1. The number of benzene rings is 1. The zero-order valence-corrected chi connectivity index (χ0v) is 25.2. The third kappa shape index (κ3) is 7.60. The molecule has 1 aliphatic heterocycles. The highest BCUT2D eigenvalue weighted by Crippen LogP contribution is 2.48. The van der Waals surface area contributed by atoms with Crippen LogP contribution in [0.1, 0.15) is 52.5 Å². The number of methoxy groups -OCH3 is 1. The zero-order valence-electron chi connectivity index (χ0n) is 24.2. The second-order valence-electron chi connectivity index (χ2n) is 11.9. The van der Waals surface area contributed by atoms with E-state index in [0.717, 1.165) is 16.9 Å². The van der Waals surface area contributed by atoms with Gasteiger partial charge in [0, 0.05) is 0 Å². The molecule has 0 amide bonds. The lowest BCUT2D eigenvalue weighted by atomic mass is 9.67. The molecule has 1 saturated heterocycles. The minimum atomic E-state index is -2.14. The van der Waals surface area contributed by atoms with Crippen molar-refractivity contribution in [1.82, 2.24) is 0 Å². The molecule has 1 N–H and O–H groups in total. The van der Waals surface area contributed by atoms with E-state index in [1.807, 2.05) is 31.2 Å². The summed E-state index contributed by atoms with van der Waals surface area (Å²) < 4.78 is 23.7. The monoisotopic (exact) mass is 542 g/mol. The number of aliphatic hydroxyl groups excluding tert-OH is 1. The number of terminal acetylenes is 1. The first kappa shape index (κ1) is 31.8. The summed E-state index contributed by atoms with van der Waals surface area (Å²) in [6, 6.07) is 7.67. The van der Waals surface area contributed by atoms with Gasteiger partial charge >= 0.3 is 5.97 Å². The van der Waals surface area contributed by atoms with E-state index >= 15 is 0 Å². The fourth-order valence-electron chi connectivity index (χ4n) is 4.53. The highest BCUT2D eigenvalue weighted by Gasteiger charge is 2.59. The van der Waals surface area contributed by atoms with Crippen LogP contribution in [0.5, 0.6) is 5.75 Å². The first-order valence-electron chi connectivity index (χ1n) is 13.2. The molecule has 0 bridgehead atoms. The van der Waals surface area contributed by atoms with Crippen LogP contribution in [0.3, 0.4) is 0 Å². The number of rotatable bonds is 14. The van der Waals surface area contributed by atoms with Crippen molar-refractivity contribution in [3.05, 3.63) is 54.6 Å². The Labute approximate surface area is 230 Å². The zero-order chi connectivity index (χ0) is 28.7. The Balaban J connectivity index is 2.26. The summed E-state index contributed by atoms with van der Waals surface area (Å²) in [5.74, 6) is 2.30. The number of hydrogen-bond donors (Lipinski definition) is 1. The van der Waals surface area contributed by atoms with Gasteiger partial charge in [-0.05, 0) is 62.0 Å². The molecule has 0 aromatic heterocycles. The molecule has 1 aromatic rings. The number of esters is 1. The van der Waals surface area contributed by atoms with Crippen LogP contribution in [0, 0.1) is 23.7 Å². The topological polar surface area (TPSA) is 74.2 Å². The van der Waals surface area contributed by atoms with E-state index in [9.17, 15) is 9.90 Å². The molecule has 7 heteroatoms. The predicted octanol–water partition coefficient (Wildman–Crippen LogP) is 6.06. The summed E-state index contributed by atoms with van der Waals surface area (Å²) in [4.78, 5) is 13.2. The van der Waals surface area contributed by atoms with Gasteiger partial charge in [-0.25, -0.2) is 0 Å². The first-order valence-corrected chi connectivity index (χ1v) is 16.1. The summed E-state index contributed by atoms with van der Waals surface area (Å²) in [5, 5.41) is 11.1. The quantitative estimate of drug-likeness (QED) is 0.133. The molecule has 0 saturated carbocycles. The van der Waals surface area contributed by atoms with Crippen LogP contribution in [-0.2, 0) is 25.3 Å². The number of aliphatic hydroxyl groups is 1. The summed E-state index contributed by atoms with van der Waals surface area (Å²) in [6.45, 7) is 21.0. The normalized spacial score (nSPS) is 23.3. The summed E-state index contributed by atoms with van der Waals surface area (Å²) in [7, 11) is -0.512. The third-order valence-electron chi connectivity index (χ3n) is 7.98. The molecule has 0 spiro atoms. The molecule has 1 heterocycles. The standard InChI is InChI=1S/C31H46O6Si/c1-11-24(35-20-23-13-15-25(34-8)16-14-23)17-18-31(12-2)27(21-36-38(9,10)30(5,6)7)37-29(33)28(31)26(32)19-22(3)4/h2,11,13-16,24,26-28,32H,1,3,17-21H2,4-10H3/t24?,26-,27+,28-,31-/m0/s1. The third-order valence-corrected chi connectivity index (χ3v) is 12.5. The van der Waals surface area contributed by atoms with Crippen molar-refractivity contribution in [2.45, 2.75) is 90.0 Å². The van der Waals surface area contributed by atoms with E-state index in [-0.39, 0.29) is 24.2 Å². The van der Waals surface area contributed by atoms with Gasteiger partial charge < -0.3 is 23.7 Å². The molecule has 2 rings (SSSR count). The van der Waals surface area contributed by atoms with E-state index < -0.39 is 37.8 Å². The Bertz CT molecular complexity index is 1000. The molecule has 1 aliphatic rings. The lowest BCUT2D eigenvalue weighted by molar-refractivity contribution is -0.147. The number of ether oxygens (including phenoxy) is 3. The Hall–Kier alpha value is -2.37. The lowest BCUT2D eigenvalue weighted by Crippen LogP contribution is -2.47. The minimum Gasteiger partial charge on any atom is -0.497 e. The Kier molecular flexibility index (Phi) is 11.0. The van der Waals surface area contributed by atoms with Crippen LogP contribution < -0.4 is 4.74 Å². The van der Waals surface area contributed by atoms with E-state index in [2.05, 4.69) is 52.9 Å². The molecule has 1 fully saturated rings. The van der Waals surface area contributed by atoms with Gasteiger partial charge in [-0.2, -0.15) is 0 Å². The molecular formula is C31H46O6Si. The van der Waals surface area contributed by atoms with Crippen molar-refractivity contribution in [2.75, 3.05) is 13.7 Å². The van der Waals surface area contributed by atoms with Crippen molar-refractivity contribution in [2.24, 2.45) is 11.3 Å². The van der Waals surface area contributed by atoms with Gasteiger partial charge in [0.25, 0.3) is 0 Å². The summed E-state index contributed by atoms with van der Waals surface area (Å²) in [6.07, 6.45) is 7.11.